The SMILES string of the molecule is C=CCN.O=CC(O)C(O)C(O)CO. The highest BCUT2D eigenvalue weighted by Gasteiger charge is 2.22. The van der Waals surface area contributed by atoms with Crippen molar-refractivity contribution in [2.45, 2.75) is 18.3 Å². The van der Waals surface area contributed by atoms with Crippen LogP contribution >= 0.6 is 0 Å². The minimum absolute atomic E-state index is 0.0869. The van der Waals surface area contributed by atoms with E-state index in [0.29, 0.717) is 6.54 Å². The number of hydrogen-bond acceptors (Lipinski definition) is 6. The zero-order valence-corrected chi connectivity index (χ0v) is 7.78. The topological polar surface area (TPSA) is 124 Å². The van der Waals surface area contributed by atoms with E-state index in [2.05, 4.69) is 6.58 Å². The van der Waals surface area contributed by atoms with E-state index in [1.807, 2.05) is 0 Å². The van der Waals surface area contributed by atoms with E-state index in [9.17, 15) is 4.79 Å². The molecule has 6 nitrogen and oxygen atoms in total. The summed E-state index contributed by atoms with van der Waals surface area (Å²) in [5.41, 5.74) is 4.91. The number of nitrogens with two attached hydrogens (primary N) is 1. The van der Waals surface area contributed by atoms with Crippen molar-refractivity contribution >= 4 is 6.29 Å². The average Bonchev–Trinajstić information content (AvgIpc) is 2.26. The van der Waals surface area contributed by atoms with Crippen LogP contribution in [0.1, 0.15) is 0 Å². The highest BCUT2D eigenvalue weighted by Crippen LogP contribution is 1.96. The van der Waals surface area contributed by atoms with E-state index in [-0.39, 0.29) is 6.29 Å². The van der Waals surface area contributed by atoms with Crippen LogP contribution in [0.3, 0.4) is 0 Å². The van der Waals surface area contributed by atoms with Crippen LogP contribution in [0, 0.1) is 0 Å². The summed E-state index contributed by atoms with van der Waals surface area (Å²) in [5.74, 6) is 0. The molecule has 0 aromatic carbocycles. The number of carbonyl (C=O) groups excluding carboxylic acids is 1. The Hall–Kier alpha value is -0.790. The van der Waals surface area contributed by atoms with Crippen molar-refractivity contribution in [1.29, 1.82) is 0 Å². The molecule has 0 aliphatic heterocycles. The Kier molecular flexibility index (Phi) is 11.5. The van der Waals surface area contributed by atoms with Gasteiger partial charge in [0.1, 0.15) is 18.3 Å². The third-order valence-corrected chi connectivity index (χ3v) is 1.24. The van der Waals surface area contributed by atoms with Crippen molar-refractivity contribution in [3.63, 3.8) is 0 Å². The van der Waals surface area contributed by atoms with E-state index in [1.165, 1.54) is 0 Å². The molecule has 0 aliphatic rings. The summed E-state index contributed by atoms with van der Waals surface area (Å²) in [6, 6.07) is 0. The van der Waals surface area contributed by atoms with Gasteiger partial charge >= 0.3 is 0 Å². The van der Waals surface area contributed by atoms with E-state index >= 15 is 0 Å². The maximum absolute atomic E-state index is 9.76. The first kappa shape index (κ1) is 15.7. The summed E-state index contributed by atoms with van der Waals surface area (Å²) in [6.45, 7) is 3.25. The lowest BCUT2D eigenvalue weighted by atomic mass is 10.1. The Morgan fingerprint density at radius 3 is 2.00 bits per heavy atom. The van der Waals surface area contributed by atoms with Crippen molar-refractivity contribution in [2.75, 3.05) is 13.2 Å². The minimum Gasteiger partial charge on any atom is -0.394 e. The molecule has 84 valence electrons. The number of hydrogen-bond donors (Lipinski definition) is 5. The third kappa shape index (κ3) is 7.84. The molecule has 0 aromatic heterocycles. The molecule has 0 rings (SSSR count). The summed E-state index contributed by atoms with van der Waals surface area (Å²) < 4.78 is 0. The molecule has 14 heavy (non-hydrogen) atoms. The van der Waals surface area contributed by atoms with E-state index in [0.717, 1.165) is 0 Å². The van der Waals surface area contributed by atoms with Gasteiger partial charge in [-0.25, -0.2) is 0 Å². The molecular weight excluding hydrogens is 190 g/mol. The van der Waals surface area contributed by atoms with Crippen LogP contribution in [-0.2, 0) is 4.79 Å². The van der Waals surface area contributed by atoms with Crippen LogP contribution in [0.15, 0.2) is 12.7 Å². The quantitative estimate of drug-likeness (QED) is 0.248. The van der Waals surface area contributed by atoms with Gasteiger partial charge in [0.2, 0.25) is 0 Å². The van der Waals surface area contributed by atoms with Crippen LogP contribution in [0.4, 0.5) is 0 Å². The fourth-order valence-electron chi connectivity index (χ4n) is 0.416. The van der Waals surface area contributed by atoms with Crippen LogP contribution < -0.4 is 5.73 Å². The summed E-state index contributed by atoms with van der Waals surface area (Å²) in [7, 11) is 0. The van der Waals surface area contributed by atoms with Gasteiger partial charge in [0.25, 0.3) is 0 Å². The number of carbonyl (C=O) groups is 1. The largest absolute Gasteiger partial charge is 0.394 e. The van der Waals surface area contributed by atoms with E-state index < -0.39 is 24.9 Å². The van der Waals surface area contributed by atoms with Crippen molar-refractivity contribution in [3.8, 4) is 0 Å². The maximum Gasteiger partial charge on any atom is 0.151 e. The lowest BCUT2D eigenvalue weighted by molar-refractivity contribution is -0.127. The lowest BCUT2D eigenvalue weighted by Crippen LogP contribution is -2.40. The highest BCUT2D eigenvalue weighted by molar-refractivity contribution is 5.56. The number of aliphatic hydroxyl groups excluding tert-OH is 4. The molecule has 0 saturated heterocycles. The van der Waals surface area contributed by atoms with Crippen LogP contribution in [0.5, 0.6) is 0 Å². The molecule has 0 heterocycles. The lowest BCUT2D eigenvalue weighted by Gasteiger charge is -2.16. The molecule has 0 bridgehead atoms. The Labute approximate surface area is 82.3 Å². The molecule has 6 N–H and O–H groups in total. The van der Waals surface area contributed by atoms with Gasteiger partial charge in [0.15, 0.2) is 6.29 Å². The first-order valence-corrected chi connectivity index (χ1v) is 3.96. The fourth-order valence-corrected chi connectivity index (χ4v) is 0.416. The molecule has 0 saturated carbocycles. The van der Waals surface area contributed by atoms with Gasteiger partial charge in [-0.15, -0.1) is 6.58 Å². The van der Waals surface area contributed by atoms with Crippen LogP contribution in [0.25, 0.3) is 0 Å². The first-order valence-electron chi connectivity index (χ1n) is 3.96. The zero-order chi connectivity index (χ0) is 11.6. The van der Waals surface area contributed by atoms with Gasteiger partial charge in [0.05, 0.1) is 6.61 Å². The van der Waals surface area contributed by atoms with Crippen LogP contribution in [0.2, 0.25) is 0 Å². The molecule has 0 spiro atoms. The predicted molar refractivity (Wildman–Crippen MR) is 50.4 cm³/mol. The Morgan fingerprint density at radius 1 is 1.36 bits per heavy atom. The maximum atomic E-state index is 9.76. The standard InChI is InChI=1S/C5H10O5.C3H7N/c6-1-3(8)5(10)4(9)2-7;1-2-3-4/h1,3-5,7-10H,2H2;2H,1,3-4H2. The Balaban J connectivity index is 0. The van der Waals surface area contributed by atoms with Crippen molar-refractivity contribution < 1.29 is 25.2 Å². The molecule has 0 radical (unpaired) electrons. The molecule has 6 heteroatoms. The van der Waals surface area contributed by atoms with Gasteiger partial charge in [-0.05, 0) is 0 Å². The first-order chi connectivity index (χ1) is 6.54. The van der Waals surface area contributed by atoms with Gasteiger partial charge in [-0.2, -0.15) is 0 Å². The third-order valence-electron chi connectivity index (χ3n) is 1.24. The van der Waals surface area contributed by atoms with Crippen LogP contribution in [-0.4, -0.2) is 58.2 Å². The van der Waals surface area contributed by atoms with Gasteiger partial charge < -0.3 is 31.0 Å². The predicted octanol–water partition coefficient (Wildman–Crippen LogP) is -2.61. The molecular formula is C8H17NO5. The Morgan fingerprint density at radius 2 is 1.79 bits per heavy atom. The Bertz CT molecular complexity index is 153. The van der Waals surface area contributed by atoms with Gasteiger partial charge in [-0.3, -0.25) is 0 Å². The summed E-state index contributed by atoms with van der Waals surface area (Å²) in [4.78, 5) is 9.76. The van der Waals surface area contributed by atoms with Crippen molar-refractivity contribution in [2.24, 2.45) is 5.73 Å². The van der Waals surface area contributed by atoms with E-state index in [4.69, 9.17) is 26.2 Å². The second kappa shape index (κ2) is 10.3. The van der Waals surface area contributed by atoms with Gasteiger partial charge in [0, 0.05) is 6.54 Å². The number of aldehydes is 1. The van der Waals surface area contributed by atoms with E-state index in [1.54, 1.807) is 6.08 Å². The average molecular weight is 207 g/mol. The normalized spacial score (nSPS) is 15.8. The second-order valence-corrected chi connectivity index (χ2v) is 2.39. The summed E-state index contributed by atoms with van der Waals surface area (Å²) in [5, 5.41) is 34.1. The molecule has 0 amide bonds. The number of rotatable bonds is 5. The van der Waals surface area contributed by atoms with Crippen molar-refractivity contribution in [3.05, 3.63) is 12.7 Å². The highest BCUT2D eigenvalue weighted by atomic mass is 16.4. The fraction of sp³-hybridized carbons (Fsp3) is 0.625. The molecule has 0 aromatic rings. The minimum atomic E-state index is -1.64. The summed E-state index contributed by atoms with van der Waals surface area (Å²) in [6.07, 6.45) is -2.98. The molecule has 3 atom stereocenters. The molecule has 0 fully saturated rings. The summed E-state index contributed by atoms with van der Waals surface area (Å²) >= 11 is 0. The zero-order valence-electron chi connectivity index (χ0n) is 7.78. The number of aliphatic hydroxyl groups is 4. The van der Waals surface area contributed by atoms with Gasteiger partial charge in [-0.1, -0.05) is 6.08 Å². The molecule has 0 aliphatic carbocycles. The smallest absolute Gasteiger partial charge is 0.151 e. The molecule has 3 unspecified atom stereocenters. The van der Waals surface area contributed by atoms with Crippen molar-refractivity contribution in [1.82, 2.24) is 0 Å². The monoisotopic (exact) mass is 207 g/mol. The second-order valence-electron chi connectivity index (χ2n) is 2.39.